The Morgan fingerprint density at radius 2 is 1.84 bits per heavy atom. The van der Waals surface area contributed by atoms with E-state index in [1.807, 2.05) is 24.3 Å². The maximum absolute atomic E-state index is 13.4. The van der Waals surface area contributed by atoms with E-state index in [2.05, 4.69) is 40.3 Å². The van der Waals surface area contributed by atoms with Gasteiger partial charge in [0.2, 0.25) is 0 Å². The van der Waals surface area contributed by atoms with Gasteiger partial charge < -0.3 is 5.32 Å². The lowest BCUT2D eigenvalue weighted by Gasteiger charge is -2.14. The Bertz CT molecular complexity index is 551. The summed E-state index contributed by atoms with van der Waals surface area (Å²) in [5, 5.41) is 3.40. The van der Waals surface area contributed by atoms with Crippen LogP contribution < -0.4 is 5.32 Å². The van der Waals surface area contributed by atoms with Gasteiger partial charge in [0.1, 0.15) is 5.82 Å². The molecular formula is C16H17BrFN. The van der Waals surface area contributed by atoms with Gasteiger partial charge >= 0.3 is 0 Å². The third kappa shape index (κ3) is 3.88. The lowest BCUT2D eigenvalue weighted by molar-refractivity contribution is 0.568. The minimum absolute atomic E-state index is 0.143. The molecular weight excluding hydrogens is 305 g/mol. The van der Waals surface area contributed by atoms with Crippen LogP contribution in [0, 0.1) is 12.7 Å². The first-order valence-electron chi connectivity index (χ1n) is 6.30. The monoisotopic (exact) mass is 321 g/mol. The highest BCUT2D eigenvalue weighted by atomic mass is 79.9. The van der Waals surface area contributed by atoms with Crippen molar-refractivity contribution in [3.8, 4) is 0 Å². The third-order valence-electron chi connectivity index (χ3n) is 3.22. The van der Waals surface area contributed by atoms with Gasteiger partial charge in [0, 0.05) is 17.1 Å². The minimum atomic E-state index is -0.143. The molecule has 0 saturated carbocycles. The van der Waals surface area contributed by atoms with Gasteiger partial charge in [-0.05, 0) is 48.7 Å². The van der Waals surface area contributed by atoms with Crippen molar-refractivity contribution < 1.29 is 4.39 Å². The summed E-state index contributed by atoms with van der Waals surface area (Å²) in [6.07, 6.45) is 0. The van der Waals surface area contributed by atoms with Gasteiger partial charge in [-0.15, -0.1) is 0 Å². The molecule has 1 nitrogen and oxygen atoms in total. The summed E-state index contributed by atoms with van der Waals surface area (Å²) in [7, 11) is 0. The van der Waals surface area contributed by atoms with E-state index in [1.54, 1.807) is 13.0 Å². The molecule has 2 aromatic carbocycles. The van der Waals surface area contributed by atoms with E-state index in [-0.39, 0.29) is 11.9 Å². The van der Waals surface area contributed by atoms with Crippen molar-refractivity contribution in [2.24, 2.45) is 0 Å². The molecule has 0 aliphatic heterocycles. The number of aryl methyl sites for hydroxylation is 1. The lowest BCUT2D eigenvalue weighted by atomic mass is 10.1. The second-order valence-corrected chi connectivity index (χ2v) is 5.65. The van der Waals surface area contributed by atoms with Crippen LogP contribution in [-0.4, -0.2) is 0 Å². The third-order valence-corrected chi connectivity index (χ3v) is 3.75. The summed E-state index contributed by atoms with van der Waals surface area (Å²) < 4.78 is 14.5. The molecule has 0 spiro atoms. The average Bonchev–Trinajstić information content (AvgIpc) is 2.40. The first-order chi connectivity index (χ1) is 9.06. The van der Waals surface area contributed by atoms with Gasteiger partial charge in [-0.25, -0.2) is 4.39 Å². The van der Waals surface area contributed by atoms with Gasteiger partial charge in [-0.3, -0.25) is 0 Å². The van der Waals surface area contributed by atoms with E-state index in [4.69, 9.17) is 0 Å². The van der Waals surface area contributed by atoms with Crippen LogP contribution in [0.1, 0.15) is 29.7 Å². The van der Waals surface area contributed by atoms with Crippen molar-refractivity contribution in [1.29, 1.82) is 0 Å². The Morgan fingerprint density at radius 3 is 2.47 bits per heavy atom. The van der Waals surface area contributed by atoms with Gasteiger partial charge in [-0.1, -0.05) is 40.2 Å². The number of halogens is 2. The molecule has 0 aromatic heterocycles. The summed E-state index contributed by atoms with van der Waals surface area (Å²) in [5.41, 5.74) is 2.87. The Kier molecular flexibility index (Phi) is 4.72. The molecule has 2 aromatic rings. The Morgan fingerprint density at radius 1 is 1.16 bits per heavy atom. The van der Waals surface area contributed by atoms with Crippen LogP contribution in [0.2, 0.25) is 0 Å². The van der Waals surface area contributed by atoms with Crippen molar-refractivity contribution in [3.63, 3.8) is 0 Å². The van der Waals surface area contributed by atoms with Crippen LogP contribution >= 0.6 is 15.9 Å². The maximum atomic E-state index is 13.4. The van der Waals surface area contributed by atoms with Crippen LogP contribution in [0.25, 0.3) is 0 Å². The predicted octanol–water partition coefficient (Wildman–Crippen LogP) is 4.75. The number of nitrogens with one attached hydrogen (secondary N) is 1. The van der Waals surface area contributed by atoms with E-state index >= 15 is 0 Å². The second kappa shape index (κ2) is 6.31. The van der Waals surface area contributed by atoms with Gasteiger partial charge in [-0.2, -0.15) is 0 Å². The fourth-order valence-corrected chi connectivity index (χ4v) is 2.15. The van der Waals surface area contributed by atoms with E-state index in [0.717, 1.165) is 10.0 Å². The van der Waals surface area contributed by atoms with Gasteiger partial charge in [0.15, 0.2) is 0 Å². The van der Waals surface area contributed by atoms with E-state index in [0.29, 0.717) is 12.1 Å². The standard InChI is InChI=1S/C16H17BrFN/c1-11-3-4-13(9-16(11)18)10-19-12(2)14-5-7-15(17)8-6-14/h3-9,12,19H,10H2,1-2H3/t12-/m0/s1. The zero-order chi connectivity index (χ0) is 13.8. The molecule has 0 heterocycles. The normalized spacial score (nSPS) is 12.4. The van der Waals surface area contributed by atoms with Crippen LogP contribution in [0.5, 0.6) is 0 Å². The predicted molar refractivity (Wildman–Crippen MR) is 80.5 cm³/mol. The summed E-state index contributed by atoms with van der Waals surface area (Å²) in [6, 6.07) is 13.8. The molecule has 0 radical (unpaired) electrons. The minimum Gasteiger partial charge on any atom is -0.306 e. The van der Waals surface area contributed by atoms with Gasteiger partial charge in [0.25, 0.3) is 0 Å². The second-order valence-electron chi connectivity index (χ2n) is 4.74. The number of hydrogen-bond donors (Lipinski definition) is 1. The van der Waals surface area contributed by atoms with Crippen LogP contribution in [-0.2, 0) is 6.54 Å². The summed E-state index contributed by atoms with van der Waals surface area (Å²) in [5.74, 6) is -0.143. The maximum Gasteiger partial charge on any atom is 0.126 e. The lowest BCUT2D eigenvalue weighted by Crippen LogP contribution is -2.18. The molecule has 0 saturated heterocycles. The summed E-state index contributed by atoms with van der Waals surface area (Å²) >= 11 is 3.42. The Labute approximate surface area is 122 Å². The highest BCUT2D eigenvalue weighted by Gasteiger charge is 2.05. The molecule has 1 atom stereocenters. The molecule has 0 aliphatic carbocycles. The van der Waals surface area contributed by atoms with Crippen molar-refractivity contribution >= 4 is 15.9 Å². The zero-order valence-corrected chi connectivity index (χ0v) is 12.7. The first-order valence-corrected chi connectivity index (χ1v) is 7.09. The van der Waals surface area contributed by atoms with Crippen molar-refractivity contribution in [1.82, 2.24) is 5.32 Å². The molecule has 0 fully saturated rings. The topological polar surface area (TPSA) is 12.0 Å². The molecule has 0 amide bonds. The first kappa shape index (κ1) is 14.2. The quantitative estimate of drug-likeness (QED) is 0.857. The number of hydrogen-bond acceptors (Lipinski definition) is 1. The molecule has 1 N–H and O–H groups in total. The number of rotatable bonds is 4. The van der Waals surface area contributed by atoms with Crippen LogP contribution in [0.3, 0.4) is 0 Å². The van der Waals surface area contributed by atoms with E-state index < -0.39 is 0 Å². The SMILES string of the molecule is Cc1ccc(CN[C@@H](C)c2ccc(Br)cc2)cc1F. The average molecular weight is 322 g/mol. The van der Waals surface area contributed by atoms with E-state index in [9.17, 15) is 4.39 Å². The van der Waals surface area contributed by atoms with Crippen molar-refractivity contribution in [3.05, 3.63) is 69.4 Å². The van der Waals surface area contributed by atoms with Gasteiger partial charge in [0.05, 0.1) is 0 Å². The van der Waals surface area contributed by atoms with Crippen molar-refractivity contribution in [2.45, 2.75) is 26.4 Å². The largest absolute Gasteiger partial charge is 0.306 e. The molecule has 3 heteroatoms. The highest BCUT2D eigenvalue weighted by molar-refractivity contribution is 9.10. The molecule has 0 aliphatic rings. The molecule has 19 heavy (non-hydrogen) atoms. The summed E-state index contributed by atoms with van der Waals surface area (Å²) in [4.78, 5) is 0. The summed E-state index contributed by atoms with van der Waals surface area (Å²) in [6.45, 7) is 4.54. The molecule has 100 valence electrons. The fourth-order valence-electron chi connectivity index (χ4n) is 1.89. The fraction of sp³-hybridized carbons (Fsp3) is 0.250. The highest BCUT2D eigenvalue weighted by Crippen LogP contribution is 2.17. The number of benzene rings is 2. The molecule has 0 unspecified atom stereocenters. The Hall–Kier alpha value is -1.19. The van der Waals surface area contributed by atoms with Crippen molar-refractivity contribution in [2.75, 3.05) is 0 Å². The molecule has 2 rings (SSSR count). The van der Waals surface area contributed by atoms with Crippen LogP contribution in [0.15, 0.2) is 46.9 Å². The Balaban J connectivity index is 1.98. The van der Waals surface area contributed by atoms with E-state index in [1.165, 1.54) is 5.56 Å². The zero-order valence-electron chi connectivity index (χ0n) is 11.1. The molecule has 0 bridgehead atoms. The smallest absolute Gasteiger partial charge is 0.126 e. The van der Waals surface area contributed by atoms with Crippen LogP contribution in [0.4, 0.5) is 4.39 Å².